The van der Waals surface area contributed by atoms with Crippen LogP contribution in [0.4, 0.5) is 0 Å². The molecule has 1 aromatic heterocycles. The van der Waals surface area contributed by atoms with E-state index in [4.69, 9.17) is 14.2 Å². The van der Waals surface area contributed by atoms with Gasteiger partial charge >= 0.3 is 0 Å². The molecular weight excluding hydrogens is 311 g/mol. The van der Waals surface area contributed by atoms with Gasteiger partial charge in [0.25, 0.3) is 0 Å². The summed E-state index contributed by atoms with van der Waals surface area (Å²) in [6.07, 6.45) is 1.02. The Bertz CT molecular complexity index is 340. The first-order valence-corrected chi connectivity index (χ1v) is 5.85. The fraction of sp³-hybridized carbons (Fsp3) is 0.667. The van der Waals surface area contributed by atoms with E-state index in [1.165, 1.54) is 0 Å². The maximum Gasteiger partial charge on any atom is 0.225 e. The lowest BCUT2D eigenvalue weighted by atomic mass is 10.4. The molecule has 0 aromatic carbocycles. The van der Waals surface area contributed by atoms with Crippen molar-refractivity contribution in [2.75, 3.05) is 20.5 Å². The molecule has 1 aliphatic heterocycles. The van der Waals surface area contributed by atoms with E-state index >= 15 is 0 Å². The van der Waals surface area contributed by atoms with E-state index in [1.807, 2.05) is 4.68 Å². The fourth-order valence-electron chi connectivity index (χ4n) is 1.46. The minimum Gasteiger partial charge on any atom is -0.477 e. The lowest BCUT2D eigenvalue weighted by molar-refractivity contribution is -0.0404. The molecule has 0 saturated carbocycles. The van der Waals surface area contributed by atoms with E-state index in [2.05, 4.69) is 27.7 Å². The number of fused-ring (bicyclic) bond motifs is 1. The van der Waals surface area contributed by atoms with Crippen LogP contribution in [0.1, 0.15) is 12.1 Å². The molecule has 0 radical (unpaired) electrons. The molecule has 0 saturated heterocycles. The van der Waals surface area contributed by atoms with Crippen LogP contribution in [0.2, 0.25) is 0 Å². The highest BCUT2D eigenvalue weighted by atomic mass is 127. The van der Waals surface area contributed by atoms with Gasteiger partial charge in [-0.3, -0.25) is 0 Å². The largest absolute Gasteiger partial charge is 0.477 e. The van der Waals surface area contributed by atoms with Crippen molar-refractivity contribution >= 4 is 22.6 Å². The van der Waals surface area contributed by atoms with E-state index in [1.54, 1.807) is 7.11 Å². The van der Waals surface area contributed by atoms with E-state index in [-0.39, 0.29) is 0 Å². The van der Waals surface area contributed by atoms with Gasteiger partial charge in [-0.25, -0.2) is 4.68 Å². The Kier molecular flexibility index (Phi) is 3.81. The van der Waals surface area contributed by atoms with Crippen LogP contribution < -0.4 is 4.74 Å². The Morgan fingerprint density at radius 2 is 2.47 bits per heavy atom. The molecule has 2 heterocycles. The molecule has 0 N–H and O–H groups in total. The van der Waals surface area contributed by atoms with E-state index < -0.39 is 0 Å². The number of aromatic nitrogens is 2. The van der Waals surface area contributed by atoms with Gasteiger partial charge in [0.15, 0.2) is 0 Å². The summed E-state index contributed by atoms with van der Waals surface area (Å²) in [6.45, 7) is 2.46. The van der Waals surface area contributed by atoms with E-state index in [0.29, 0.717) is 13.4 Å². The number of halogens is 1. The van der Waals surface area contributed by atoms with Crippen LogP contribution in [-0.4, -0.2) is 30.3 Å². The van der Waals surface area contributed by atoms with Crippen LogP contribution in [0.3, 0.4) is 0 Å². The SMILES string of the molecule is COCOCc1nn2c(c1I)OCCC2. The van der Waals surface area contributed by atoms with Crippen molar-refractivity contribution in [3.63, 3.8) is 0 Å². The van der Waals surface area contributed by atoms with Crippen molar-refractivity contribution in [3.05, 3.63) is 9.26 Å². The maximum absolute atomic E-state index is 5.55. The third kappa shape index (κ3) is 2.43. The monoisotopic (exact) mass is 324 g/mol. The Morgan fingerprint density at radius 1 is 1.60 bits per heavy atom. The topological polar surface area (TPSA) is 45.5 Å². The Labute approximate surface area is 102 Å². The average molecular weight is 324 g/mol. The van der Waals surface area contributed by atoms with Gasteiger partial charge in [0.2, 0.25) is 5.88 Å². The Hall–Kier alpha value is -0.340. The number of hydrogen-bond donors (Lipinski definition) is 0. The molecule has 0 aliphatic carbocycles. The van der Waals surface area contributed by atoms with Crippen LogP contribution in [0.15, 0.2) is 0 Å². The van der Waals surface area contributed by atoms with Crippen molar-refractivity contribution in [1.82, 2.24) is 9.78 Å². The first kappa shape index (κ1) is 11.2. The number of nitrogens with zero attached hydrogens (tertiary/aromatic N) is 2. The second-order valence-corrected chi connectivity index (χ2v) is 4.32. The molecule has 0 fully saturated rings. The van der Waals surface area contributed by atoms with Crippen molar-refractivity contribution in [3.8, 4) is 5.88 Å². The molecule has 5 nitrogen and oxygen atoms in total. The minimum absolute atomic E-state index is 0.291. The molecule has 0 spiro atoms. The second-order valence-electron chi connectivity index (χ2n) is 3.25. The zero-order valence-electron chi connectivity index (χ0n) is 8.53. The minimum atomic E-state index is 0.291. The van der Waals surface area contributed by atoms with Gasteiger partial charge in [-0.2, -0.15) is 5.10 Å². The Morgan fingerprint density at radius 3 is 3.20 bits per heavy atom. The second kappa shape index (κ2) is 5.13. The van der Waals surface area contributed by atoms with Crippen LogP contribution in [-0.2, 0) is 22.6 Å². The van der Waals surface area contributed by atoms with Crippen LogP contribution in [0.25, 0.3) is 0 Å². The first-order valence-electron chi connectivity index (χ1n) is 4.77. The normalized spacial score (nSPS) is 14.8. The molecule has 0 bridgehead atoms. The summed E-state index contributed by atoms with van der Waals surface area (Å²) in [5, 5.41) is 4.43. The lowest BCUT2D eigenvalue weighted by Crippen LogP contribution is -2.15. The molecule has 1 aliphatic rings. The van der Waals surface area contributed by atoms with Crippen molar-refractivity contribution in [2.45, 2.75) is 19.6 Å². The maximum atomic E-state index is 5.55. The molecule has 1 aromatic rings. The molecule has 84 valence electrons. The highest BCUT2D eigenvalue weighted by molar-refractivity contribution is 14.1. The summed E-state index contributed by atoms with van der Waals surface area (Å²) >= 11 is 2.24. The molecular formula is C9H13IN2O3. The first-order chi connectivity index (χ1) is 7.33. The number of aryl methyl sites for hydroxylation is 1. The predicted molar refractivity (Wildman–Crippen MR) is 61.7 cm³/mol. The van der Waals surface area contributed by atoms with Gasteiger partial charge in [0.05, 0.1) is 13.2 Å². The highest BCUT2D eigenvalue weighted by Gasteiger charge is 2.19. The van der Waals surface area contributed by atoms with Gasteiger partial charge < -0.3 is 14.2 Å². The van der Waals surface area contributed by atoms with Gasteiger partial charge in [-0.05, 0) is 22.6 Å². The Balaban J connectivity index is 2.07. The van der Waals surface area contributed by atoms with Gasteiger partial charge in [-0.1, -0.05) is 0 Å². The summed E-state index contributed by atoms with van der Waals surface area (Å²) in [4.78, 5) is 0. The van der Waals surface area contributed by atoms with Crippen LogP contribution in [0.5, 0.6) is 5.88 Å². The van der Waals surface area contributed by atoms with Crippen LogP contribution >= 0.6 is 22.6 Å². The standard InChI is InChI=1S/C9H13IN2O3/c1-13-6-14-5-7-8(10)9-12(11-7)3-2-4-15-9/h2-6H2,1H3. The summed E-state index contributed by atoms with van der Waals surface area (Å²) < 4.78 is 18.6. The van der Waals surface area contributed by atoms with Gasteiger partial charge in [-0.15, -0.1) is 0 Å². The molecule has 0 amide bonds. The fourth-order valence-corrected chi connectivity index (χ4v) is 2.16. The van der Waals surface area contributed by atoms with Crippen molar-refractivity contribution in [1.29, 1.82) is 0 Å². The van der Waals surface area contributed by atoms with Gasteiger partial charge in [0, 0.05) is 20.1 Å². The summed E-state index contributed by atoms with van der Waals surface area (Å²) in [5.74, 6) is 0.873. The average Bonchev–Trinajstić information content (AvgIpc) is 2.57. The lowest BCUT2D eigenvalue weighted by Gasteiger charge is -2.14. The van der Waals surface area contributed by atoms with Crippen molar-refractivity contribution < 1.29 is 14.2 Å². The van der Waals surface area contributed by atoms with E-state index in [9.17, 15) is 0 Å². The van der Waals surface area contributed by atoms with E-state index in [0.717, 1.165) is 34.7 Å². The third-order valence-corrected chi connectivity index (χ3v) is 3.19. The zero-order valence-corrected chi connectivity index (χ0v) is 10.7. The zero-order chi connectivity index (χ0) is 10.7. The summed E-state index contributed by atoms with van der Waals surface area (Å²) in [6, 6.07) is 0. The number of methoxy groups -OCH3 is 1. The molecule has 6 heteroatoms. The van der Waals surface area contributed by atoms with Crippen LogP contribution in [0, 0.1) is 3.57 Å². The molecule has 0 atom stereocenters. The quantitative estimate of drug-likeness (QED) is 0.477. The number of hydrogen-bond acceptors (Lipinski definition) is 4. The van der Waals surface area contributed by atoms with Crippen molar-refractivity contribution in [2.24, 2.45) is 0 Å². The molecule has 0 unspecified atom stereocenters. The number of rotatable bonds is 4. The van der Waals surface area contributed by atoms with Gasteiger partial charge in [0.1, 0.15) is 16.1 Å². The predicted octanol–water partition coefficient (Wildman–Crippen LogP) is 1.39. The molecule has 2 rings (SSSR count). The number of ether oxygens (including phenoxy) is 3. The molecule has 15 heavy (non-hydrogen) atoms. The summed E-state index contributed by atoms with van der Waals surface area (Å²) in [7, 11) is 1.60. The summed E-state index contributed by atoms with van der Waals surface area (Å²) in [5.41, 5.74) is 0.921. The third-order valence-electron chi connectivity index (χ3n) is 2.11. The highest BCUT2D eigenvalue weighted by Crippen LogP contribution is 2.27. The smallest absolute Gasteiger partial charge is 0.225 e.